The summed E-state index contributed by atoms with van der Waals surface area (Å²) in [7, 11) is 0. The van der Waals surface area contributed by atoms with Gasteiger partial charge in [-0.05, 0) is 23.8 Å². The Labute approximate surface area is 134 Å². The monoisotopic (exact) mass is 346 g/mol. The standard InChI is InChI=1S/C12H7Cl2NO3S2/c13-7-2-1-6(3-8(7)14)4-9-11(18)15(5-10(16)17)12(19)20-9/h1-4H,5H2,(H,16,17)/p-1. The summed E-state index contributed by atoms with van der Waals surface area (Å²) in [4.78, 5) is 23.9. The summed E-state index contributed by atoms with van der Waals surface area (Å²) >= 11 is 17.7. The van der Waals surface area contributed by atoms with Gasteiger partial charge in [-0.1, -0.05) is 53.2 Å². The largest absolute Gasteiger partial charge is 0.548 e. The van der Waals surface area contributed by atoms with Crippen molar-refractivity contribution in [3.8, 4) is 0 Å². The fourth-order valence-electron chi connectivity index (χ4n) is 1.52. The summed E-state index contributed by atoms with van der Waals surface area (Å²) in [6.45, 7) is -0.552. The van der Waals surface area contributed by atoms with E-state index >= 15 is 0 Å². The molecular weight excluding hydrogens is 341 g/mol. The Hall–Kier alpha value is -1.08. The molecule has 0 bridgehead atoms. The molecule has 1 fully saturated rings. The van der Waals surface area contributed by atoms with Gasteiger partial charge in [-0.3, -0.25) is 9.69 Å². The van der Waals surface area contributed by atoms with Crippen molar-refractivity contribution in [1.82, 2.24) is 4.90 Å². The van der Waals surface area contributed by atoms with Gasteiger partial charge in [0.15, 0.2) is 0 Å². The second-order valence-electron chi connectivity index (χ2n) is 3.81. The number of hydrogen-bond donors (Lipinski definition) is 0. The SMILES string of the molecule is O=C([O-])CN1C(=O)C(=Cc2ccc(Cl)c(Cl)c2)SC1=S. The Bertz CT molecular complexity index is 646. The van der Waals surface area contributed by atoms with Crippen LogP contribution in [0.3, 0.4) is 0 Å². The van der Waals surface area contributed by atoms with E-state index in [4.69, 9.17) is 35.4 Å². The van der Waals surface area contributed by atoms with Crippen LogP contribution in [0.1, 0.15) is 5.56 Å². The van der Waals surface area contributed by atoms with Gasteiger partial charge in [0.1, 0.15) is 4.32 Å². The molecule has 0 radical (unpaired) electrons. The van der Waals surface area contributed by atoms with Crippen molar-refractivity contribution < 1.29 is 14.7 Å². The van der Waals surface area contributed by atoms with E-state index in [1.807, 2.05) is 0 Å². The molecule has 0 saturated carbocycles. The molecule has 0 aromatic heterocycles. The lowest BCUT2D eigenvalue weighted by Gasteiger charge is -2.14. The summed E-state index contributed by atoms with van der Waals surface area (Å²) in [5, 5.41) is 11.3. The molecule has 0 atom stereocenters. The van der Waals surface area contributed by atoms with Crippen LogP contribution in [0, 0.1) is 0 Å². The molecular formula is C12H6Cl2NO3S2-. The fourth-order valence-corrected chi connectivity index (χ4v) is 3.08. The molecule has 1 aromatic rings. The minimum Gasteiger partial charge on any atom is -0.548 e. The lowest BCUT2D eigenvalue weighted by Crippen LogP contribution is -2.40. The average molecular weight is 347 g/mol. The van der Waals surface area contributed by atoms with Gasteiger partial charge in [0.05, 0.1) is 27.5 Å². The number of benzene rings is 1. The average Bonchev–Trinajstić information content (AvgIpc) is 2.61. The molecule has 1 amide bonds. The van der Waals surface area contributed by atoms with E-state index in [-0.39, 0.29) is 4.32 Å². The van der Waals surface area contributed by atoms with Crippen molar-refractivity contribution in [3.63, 3.8) is 0 Å². The van der Waals surface area contributed by atoms with E-state index in [1.54, 1.807) is 24.3 Å². The number of nitrogens with zero attached hydrogens (tertiary/aromatic N) is 1. The van der Waals surface area contributed by atoms with Crippen molar-refractivity contribution in [2.24, 2.45) is 0 Å². The van der Waals surface area contributed by atoms with Gasteiger partial charge in [0, 0.05) is 0 Å². The fraction of sp³-hybridized carbons (Fsp3) is 0.0833. The third kappa shape index (κ3) is 3.32. The number of amides is 1. The third-order valence-electron chi connectivity index (χ3n) is 2.40. The van der Waals surface area contributed by atoms with Gasteiger partial charge < -0.3 is 9.90 Å². The first-order valence-electron chi connectivity index (χ1n) is 5.29. The van der Waals surface area contributed by atoms with Gasteiger partial charge in [-0.15, -0.1) is 0 Å². The van der Waals surface area contributed by atoms with Crippen molar-refractivity contribution in [3.05, 3.63) is 38.7 Å². The number of carboxylic acid groups (broad SMARTS) is 1. The summed E-state index contributed by atoms with van der Waals surface area (Å²) in [6.07, 6.45) is 1.58. The van der Waals surface area contributed by atoms with E-state index in [2.05, 4.69) is 0 Å². The Morgan fingerprint density at radius 2 is 2.10 bits per heavy atom. The maximum atomic E-state index is 12.0. The van der Waals surface area contributed by atoms with Gasteiger partial charge in [0.25, 0.3) is 5.91 Å². The second kappa shape index (κ2) is 6.13. The normalized spacial score (nSPS) is 17.1. The molecule has 1 aliphatic heterocycles. The molecule has 0 aliphatic carbocycles. The molecule has 4 nitrogen and oxygen atoms in total. The number of hydrogen-bond acceptors (Lipinski definition) is 5. The van der Waals surface area contributed by atoms with Gasteiger partial charge in [-0.2, -0.15) is 0 Å². The highest BCUT2D eigenvalue weighted by Gasteiger charge is 2.31. The van der Waals surface area contributed by atoms with Crippen molar-refractivity contribution in [2.45, 2.75) is 0 Å². The molecule has 0 unspecified atom stereocenters. The van der Waals surface area contributed by atoms with Crippen LogP contribution < -0.4 is 5.11 Å². The minimum absolute atomic E-state index is 0.186. The van der Waals surface area contributed by atoms with E-state index in [0.29, 0.717) is 20.5 Å². The Kier molecular flexibility index (Phi) is 4.70. The summed E-state index contributed by atoms with van der Waals surface area (Å²) in [5.41, 5.74) is 0.674. The highest BCUT2D eigenvalue weighted by Crippen LogP contribution is 2.33. The summed E-state index contributed by atoms with van der Waals surface area (Å²) in [5.74, 6) is -1.83. The molecule has 1 heterocycles. The van der Waals surface area contributed by atoms with Gasteiger partial charge in [0.2, 0.25) is 0 Å². The van der Waals surface area contributed by atoms with Crippen LogP contribution in [0.4, 0.5) is 0 Å². The van der Waals surface area contributed by atoms with Crippen molar-refractivity contribution in [2.75, 3.05) is 6.54 Å². The van der Waals surface area contributed by atoms with Crippen LogP contribution in [0.2, 0.25) is 10.0 Å². The van der Waals surface area contributed by atoms with E-state index in [9.17, 15) is 14.7 Å². The first kappa shape index (κ1) is 15.3. The second-order valence-corrected chi connectivity index (χ2v) is 6.30. The zero-order chi connectivity index (χ0) is 14.9. The zero-order valence-electron chi connectivity index (χ0n) is 9.76. The van der Waals surface area contributed by atoms with Crippen molar-refractivity contribution >= 4 is 69.5 Å². The topological polar surface area (TPSA) is 60.4 Å². The van der Waals surface area contributed by atoms with E-state index < -0.39 is 18.4 Å². The molecule has 0 N–H and O–H groups in total. The Morgan fingerprint density at radius 1 is 1.40 bits per heavy atom. The number of aliphatic carboxylic acids is 1. The molecule has 1 aliphatic rings. The highest BCUT2D eigenvalue weighted by atomic mass is 35.5. The predicted molar refractivity (Wildman–Crippen MR) is 81.3 cm³/mol. The minimum atomic E-state index is -1.36. The molecule has 1 saturated heterocycles. The Morgan fingerprint density at radius 3 is 2.70 bits per heavy atom. The number of halogens is 2. The van der Waals surface area contributed by atoms with Gasteiger partial charge >= 0.3 is 0 Å². The Balaban J connectivity index is 2.27. The number of thiocarbonyl (C=S) groups is 1. The molecule has 2 rings (SSSR count). The molecule has 0 spiro atoms. The van der Waals surface area contributed by atoms with Crippen LogP contribution in [0.25, 0.3) is 6.08 Å². The molecule has 1 aromatic carbocycles. The number of rotatable bonds is 3. The molecule has 20 heavy (non-hydrogen) atoms. The lowest BCUT2D eigenvalue weighted by molar-refractivity contribution is -0.305. The summed E-state index contributed by atoms with van der Waals surface area (Å²) < 4.78 is 0.186. The summed E-state index contributed by atoms with van der Waals surface area (Å²) in [6, 6.07) is 4.91. The van der Waals surface area contributed by atoms with Gasteiger partial charge in [-0.25, -0.2) is 0 Å². The van der Waals surface area contributed by atoms with Crippen molar-refractivity contribution in [1.29, 1.82) is 0 Å². The first-order chi connectivity index (χ1) is 9.38. The lowest BCUT2D eigenvalue weighted by atomic mass is 10.2. The van der Waals surface area contributed by atoms with Crippen LogP contribution in [-0.2, 0) is 9.59 Å². The molecule has 8 heteroatoms. The van der Waals surface area contributed by atoms with Crippen LogP contribution in [0.5, 0.6) is 0 Å². The predicted octanol–water partition coefficient (Wildman–Crippen LogP) is 1.94. The maximum absolute atomic E-state index is 12.0. The van der Waals surface area contributed by atoms with Crippen LogP contribution >= 0.6 is 47.2 Å². The third-order valence-corrected chi connectivity index (χ3v) is 4.52. The number of carbonyl (C=O) groups excluding carboxylic acids is 2. The highest BCUT2D eigenvalue weighted by molar-refractivity contribution is 8.26. The number of carboxylic acids is 1. The zero-order valence-corrected chi connectivity index (χ0v) is 12.9. The van der Waals surface area contributed by atoms with E-state index in [1.165, 1.54) is 0 Å². The molecule has 104 valence electrons. The number of thioether (sulfide) groups is 1. The quantitative estimate of drug-likeness (QED) is 0.618. The van der Waals surface area contributed by atoms with Crippen LogP contribution in [-0.4, -0.2) is 27.6 Å². The van der Waals surface area contributed by atoms with Crippen LogP contribution in [0.15, 0.2) is 23.1 Å². The maximum Gasteiger partial charge on any atom is 0.266 e. The number of carbonyl (C=O) groups is 2. The first-order valence-corrected chi connectivity index (χ1v) is 7.27. The van der Waals surface area contributed by atoms with E-state index in [0.717, 1.165) is 16.7 Å². The smallest absolute Gasteiger partial charge is 0.266 e.